The van der Waals surface area contributed by atoms with E-state index in [4.69, 9.17) is 0 Å². The summed E-state index contributed by atoms with van der Waals surface area (Å²) >= 11 is 0. The van der Waals surface area contributed by atoms with Crippen LogP contribution in [0.1, 0.15) is 0 Å². The molecule has 0 rings (SSSR count). The average molecular weight is 339 g/mol. The van der Waals surface area contributed by atoms with Gasteiger partial charge in [0.1, 0.15) is 0 Å². The van der Waals surface area contributed by atoms with Gasteiger partial charge < -0.3 is 16.4 Å². The zero-order valence-corrected chi connectivity index (χ0v) is 10.1. The van der Waals surface area contributed by atoms with Gasteiger partial charge in [0.25, 0.3) is 0 Å². The number of rotatable bonds is 0. The first-order valence-electron chi connectivity index (χ1n) is 0. The summed E-state index contributed by atoms with van der Waals surface area (Å²) in [7, 11) is 0. The zero-order valence-electron chi connectivity index (χ0n) is 2.43. The van der Waals surface area contributed by atoms with E-state index in [-0.39, 0.29) is 69.6 Å². The Labute approximate surface area is 69.0 Å². The third kappa shape index (κ3) is 27.4. The molecule has 0 radical (unpaired) electrons. The van der Waals surface area contributed by atoms with Crippen LogP contribution in [-0.2, 0) is 69.6 Å². The molecule has 5 heteroatoms. The van der Waals surface area contributed by atoms with Crippen LogP contribution in [-0.4, -0.2) is 0 Å². The van der Waals surface area contributed by atoms with Gasteiger partial charge >= 0.3 is 53.1 Å². The molecule has 0 fully saturated rings. The third-order valence-corrected chi connectivity index (χ3v) is 0. The second-order valence-electron chi connectivity index (χ2n) is 0. The van der Waals surface area contributed by atoms with E-state index in [1.54, 1.807) is 0 Å². The topological polar surface area (TPSA) is 85.5 Å². The van der Waals surface area contributed by atoms with Crippen LogP contribution < -0.4 is 0 Å². The normalized spacial score (nSPS) is 0. The first-order chi connectivity index (χ1) is 0. The van der Waals surface area contributed by atoms with Crippen LogP contribution in [0.3, 0.4) is 0 Å². The smallest absolute Gasteiger partial charge is 2.00 e. The van der Waals surface area contributed by atoms with Crippen molar-refractivity contribution >= 4 is 0 Å². The summed E-state index contributed by atoms with van der Waals surface area (Å²) in [4.78, 5) is 0. The Morgan fingerprint density at radius 2 is 0.600 bits per heavy atom. The Kier molecular flexibility index (Phi) is 680. The van der Waals surface area contributed by atoms with E-state index in [2.05, 4.69) is 0 Å². The molecule has 0 spiro atoms. The van der Waals surface area contributed by atoms with E-state index in [0.717, 1.165) is 0 Å². The quantitative estimate of drug-likeness (QED) is 0.540. The predicted molar refractivity (Wildman–Crippen MR) is 2.06 cm³/mol. The standard InChI is InChI=1S/Cd.Hf.3O/q+2;+4;3*-2. The summed E-state index contributed by atoms with van der Waals surface area (Å²) in [6.45, 7) is 0. The fraction of sp³-hybridized carbons (Fsp3) is 0. The molecule has 0 aliphatic rings. The molecule has 0 aliphatic carbocycles. The van der Waals surface area contributed by atoms with Gasteiger partial charge in [-0.25, -0.2) is 0 Å². The molecular formula is CdHfO3. The number of hydrogen-bond donors (Lipinski definition) is 0. The molecular weight excluding hydrogens is 339 g/mol. The molecule has 0 amide bonds. The molecule has 0 heterocycles. The van der Waals surface area contributed by atoms with Crippen molar-refractivity contribution in [2.75, 3.05) is 0 Å². The van der Waals surface area contributed by atoms with Crippen molar-refractivity contribution in [1.82, 2.24) is 0 Å². The fourth-order valence-electron chi connectivity index (χ4n) is 0. The van der Waals surface area contributed by atoms with Crippen LogP contribution in [0.4, 0.5) is 0 Å². The molecule has 0 N–H and O–H groups in total. The average Bonchev–Trinajstić information content (AvgIpc) is 0. The van der Waals surface area contributed by atoms with Gasteiger partial charge in [0.05, 0.1) is 0 Å². The van der Waals surface area contributed by atoms with Crippen molar-refractivity contribution in [2.45, 2.75) is 0 Å². The van der Waals surface area contributed by atoms with E-state index in [9.17, 15) is 0 Å². The van der Waals surface area contributed by atoms with E-state index in [1.807, 2.05) is 0 Å². The van der Waals surface area contributed by atoms with Crippen LogP contribution in [0.5, 0.6) is 0 Å². The molecule has 24 valence electrons. The first-order valence-corrected chi connectivity index (χ1v) is 0. The maximum Gasteiger partial charge on any atom is 4.00 e. The molecule has 0 saturated heterocycles. The Hall–Kier alpha value is 1.67. The summed E-state index contributed by atoms with van der Waals surface area (Å²) in [5.41, 5.74) is 0. The van der Waals surface area contributed by atoms with Crippen molar-refractivity contribution < 1.29 is 69.6 Å². The predicted octanol–water partition coefficient (Wildman–Crippen LogP) is -0.361. The van der Waals surface area contributed by atoms with Gasteiger partial charge in [-0.15, -0.1) is 0 Å². The maximum absolute atomic E-state index is 0. The van der Waals surface area contributed by atoms with E-state index in [1.165, 1.54) is 0 Å². The van der Waals surface area contributed by atoms with Gasteiger partial charge in [0, 0.05) is 0 Å². The van der Waals surface area contributed by atoms with E-state index >= 15 is 0 Å². The number of hydrogen-bond acceptors (Lipinski definition) is 0. The summed E-state index contributed by atoms with van der Waals surface area (Å²) < 4.78 is 0. The molecule has 3 nitrogen and oxygen atoms in total. The second kappa shape index (κ2) is 44.3. The van der Waals surface area contributed by atoms with Gasteiger partial charge in [-0.1, -0.05) is 0 Å². The monoisotopic (exact) mass is 342 g/mol. The van der Waals surface area contributed by atoms with Crippen LogP contribution >= 0.6 is 0 Å². The summed E-state index contributed by atoms with van der Waals surface area (Å²) in [5.74, 6) is 0. The van der Waals surface area contributed by atoms with Crippen molar-refractivity contribution in [1.29, 1.82) is 0 Å². The van der Waals surface area contributed by atoms with E-state index in [0.29, 0.717) is 0 Å². The van der Waals surface area contributed by atoms with Crippen LogP contribution in [0, 0.1) is 0 Å². The summed E-state index contributed by atoms with van der Waals surface area (Å²) in [6, 6.07) is 0. The molecule has 0 aliphatic heterocycles. The van der Waals surface area contributed by atoms with Gasteiger partial charge in [0.2, 0.25) is 0 Å². The summed E-state index contributed by atoms with van der Waals surface area (Å²) in [5, 5.41) is 0. The largest absolute Gasteiger partial charge is 4.00 e. The van der Waals surface area contributed by atoms with Gasteiger partial charge in [-0.05, 0) is 0 Å². The maximum atomic E-state index is 0. The van der Waals surface area contributed by atoms with Crippen LogP contribution in [0.15, 0.2) is 0 Å². The minimum absolute atomic E-state index is 0. The van der Waals surface area contributed by atoms with Crippen molar-refractivity contribution in [2.24, 2.45) is 0 Å². The van der Waals surface area contributed by atoms with Crippen molar-refractivity contribution in [3.8, 4) is 0 Å². The second-order valence-corrected chi connectivity index (χ2v) is 0. The first kappa shape index (κ1) is 76.8. The molecule has 0 aromatic rings. The van der Waals surface area contributed by atoms with Crippen molar-refractivity contribution in [3.05, 3.63) is 0 Å². The molecule has 0 atom stereocenters. The van der Waals surface area contributed by atoms with E-state index < -0.39 is 0 Å². The van der Waals surface area contributed by atoms with Gasteiger partial charge in [-0.2, -0.15) is 0 Å². The molecule has 0 aromatic carbocycles. The minimum atomic E-state index is 0. The van der Waals surface area contributed by atoms with Gasteiger partial charge in [0.15, 0.2) is 0 Å². The zero-order chi connectivity index (χ0) is 0. The molecule has 0 saturated carbocycles. The van der Waals surface area contributed by atoms with Crippen molar-refractivity contribution in [3.63, 3.8) is 0 Å². The Morgan fingerprint density at radius 3 is 0.600 bits per heavy atom. The van der Waals surface area contributed by atoms with Crippen LogP contribution in [0.25, 0.3) is 0 Å². The Balaban J connectivity index is 0. The van der Waals surface area contributed by atoms with Gasteiger partial charge in [-0.3, -0.25) is 0 Å². The Bertz CT molecular complexity index is 6.85. The van der Waals surface area contributed by atoms with Crippen LogP contribution in [0.2, 0.25) is 0 Å². The summed E-state index contributed by atoms with van der Waals surface area (Å²) in [6.07, 6.45) is 0. The minimum Gasteiger partial charge on any atom is -2.00 e. The SMILES string of the molecule is [Cd+2].[Hf+4].[O-2].[O-2].[O-2]. The molecule has 5 heavy (non-hydrogen) atoms. The molecule has 0 bridgehead atoms. The molecule has 0 unspecified atom stereocenters. The molecule has 0 aromatic heterocycles. The third-order valence-electron chi connectivity index (χ3n) is 0. The fourth-order valence-corrected chi connectivity index (χ4v) is 0. The Morgan fingerprint density at radius 1 is 0.600 bits per heavy atom.